The first kappa shape index (κ1) is 20.2. The van der Waals surface area contributed by atoms with E-state index in [2.05, 4.69) is 10.6 Å². The van der Waals surface area contributed by atoms with Crippen molar-refractivity contribution in [1.82, 2.24) is 15.5 Å². The molecule has 1 saturated heterocycles. The zero-order valence-corrected chi connectivity index (χ0v) is 13.8. The van der Waals surface area contributed by atoms with E-state index in [1.807, 2.05) is 6.92 Å². The topological polar surface area (TPSA) is 61.4 Å². The molecular formula is C15H19ClF3N3O2. The summed E-state index contributed by atoms with van der Waals surface area (Å²) in [4.78, 5) is 25.5. The first-order chi connectivity index (χ1) is 10.8. The number of alkyl halides is 3. The monoisotopic (exact) mass is 365 g/mol. The Balaban J connectivity index is 0.00000288. The maximum atomic E-state index is 12.5. The molecule has 1 aliphatic rings. The van der Waals surface area contributed by atoms with Gasteiger partial charge in [0, 0.05) is 31.2 Å². The molecule has 0 aliphatic carbocycles. The number of benzene rings is 1. The number of halogens is 4. The van der Waals surface area contributed by atoms with Gasteiger partial charge in [0.05, 0.1) is 12.1 Å². The van der Waals surface area contributed by atoms with Crippen molar-refractivity contribution in [2.75, 3.05) is 26.2 Å². The molecule has 1 aliphatic heterocycles. The SMILES string of the molecule is CC1CN(C(=O)CNC(=O)c2ccc(C(F)(F)F)cc2)CCN1.Cl. The molecule has 24 heavy (non-hydrogen) atoms. The number of amides is 2. The van der Waals surface area contributed by atoms with Crippen LogP contribution >= 0.6 is 12.4 Å². The van der Waals surface area contributed by atoms with Crippen LogP contribution in [0.3, 0.4) is 0 Å². The summed E-state index contributed by atoms with van der Waals surface area (Å²) < 4.78 is 37.4. The molecule has 1 heterocycles. The van der Waals surface area contributed by atoms with Crippen LogP contribution in [0.1, 0.15) is 22.8 Å². The zero-order chi connectivity index (χ0) is 17.0. The maximum absolute atomic E-state index is 12.5. The highest BCUT2D eigenvalue weighted by molar-refractivity contribution is 5.96. The van der Waals surface area contributed by atoms with Crippen LogP contribution in [0.25, 0.3) is 0 Å². The summed E-state index contributed by atoms with van der Waals surface area (Å²) in [6, 6.07) is 4.06. The van der Waals surface area contributed by atoms with Gasteiger partial charge in [-0.3, -0.25) is 9.59 Å². The summed E-state index contributed by atoms with van der Waals surface area (Å²) in [6.45, 7) is 3.61. The zero-order valence-electron chi connectivity index (χ0n) is 13.0. The Morgan fingerprint density at radius 2 is 1.92 bits per heavy atom. The lowest BCUT2D eigenvalue weighted by Gasteiger charge is -2.31. The summed E-state index contributed by atoms with van der Waals surface area (Å²) in [7, 11) is 0. The minimum absolute atomic E-state index is 0. The third-order valence-corrected chi connectivity index (χ3v) is 3.60. The highest BCUT2D eigenvalue weighted by Gasteiger charge is 2.30. The summed E-state index contributed by atoms with van der Waals surface area (Å²) in [6.07, 6.45) is -4.44. The molecule has 5 nitrogen and oxygen atoms in total. The lowest BCUT2D eigenvalue weighted by Crippen LogP contribution is -2.53. The third kappa shape index (κ3) is 5.38. The van der Waals surface area contributed by atoms with Gasteiger partial charge in [-0.2, -0.15) is 13.2 Å². The minimum Gasteiger partial charge on any atom is -0.343 e. The summed E-state index contributed by atoms with van der Waals surface area (Å²) >= 11 is 0. The van der Waals surface area contributed by atoms with E-state index in [4.69, 9.17) is 0 Å². The number of carbonyl (C=O) groups is 2. The van der Waals surface area contributed by atoms with Crippen molar-refractivity contribution in [2.45, 2.75) is 19.1 Å². The molecule has 9 heteroatoms. The molecule has 0 spiro atoms. The average molecular weight is 366 g/mol. The molecule has 1 atom stereocenters. The number of piperazine rings is 1. The maximum Gasteiger partial charge on any atom is 0.416 e. The molecule has 1 fully saturated rings. The van der Waals surface area contributed by atoms with E-state index in [9.17, 15) is 22.8 Å². The number of rotatable bonds is 3. The van der Waals surface area contributed by atoms with Crippen LogP contribution in [0.4, 0.5) is 13.2 Å². The summed E-state index contributed by atoms with van der Waals surface area (Å²) in [5.41, 5.74) is -0.737. The van der Waals surface area contributed by atoms with Gasteiger partial charge in [0.25, 0.3) is 5.91 Å². The second kappa shape index (κ2) is 8.34. The molecule has 0 bridgehead atoms. The fourth-order valence-corrected chi connectivity index (χ4v) is 2.34. The van der Waals surface area contributed by atoms with Crippen molar-refractivity contribution in [3.05, 3.63) is 35.4 Å². The number of nitrogens with zero attached hydrogens (tertiary/aromatic N) is 1. The quantitative estimate of drug-likeness (QED) is 0.856. The number of nitrogens with one attached hydrogen (secondary N) is 2. The summed E-state index contributed by atoms with van der Waals surface area (Å²) in [5, 5.41) is 5.64. The molecule has 0 radical (unpaired) electrons. The standard InChI is InChI=1S/C15H18F3N3O2.ClH/c1-10-9-21(7-6-19-10)13(22)8-20-14(23)11-2-4-12(5-3-11)15(16,17)18;/h2-5,10,19H,6-9H2,1H3,(H,20,23);1H. The van der Waals surface area contributed by atoms with Crippen molar-refractivity contribution in [3.63, 3.8) is 0 Å². The van der Waals surface area contributed by atoms with Gasteiger partial charge in [-0.05, 0) is 31.2 Å². The summed E-state index contributed by atoms with van der Waals surface area (Å²) in [5.74, 6) is -0.783. The van der Waals surface area contributed by atoms with Crippen LogP contribution in [-0.4, -0.2) is 48.9 Å². The van der Waals surface area contributed by atoms with Crippen LogP contribution in [0.15, 0.2) is 24.3 Å². The van der Waals surface area contributed by atoms with E-state index in [1.165, 1.54) is 0 Å². The predicted molar refractivity (Wildman–Crippen MR) is 85.1 cm³/mol. The first-order valence-corrected chi connectivity index (χ1v) is 7.24. The Morgan fingerprint density at radius 3 is 2.46 bits per heavy atom. The molecule has 2 rings (SSSR count). The molecule has 134 valence electrons. The Labute approximate surface area is 144 Å². The van der Waals surface area contributed by atoms with Crippen LogP contribution in [0.5, 0.6) is 0 Å². The smallest absolute Gasteiger partial charge is 0.343 e. The molecule has 1 aromatic rings. The number of hydrogen-bond donors (Lipinski definition) is 2. The van der Waals surface area contributed by atoms with Crippen molar-refractivity contribution in [3.8, 4) is 0 Å². The lowest BCUT2D eigenvalue weighted by atomic mass is 10.1. The van der Waals surface area contributed by atoms with Crippen molar-refractivity contribution in [1.29, 1.82) is 0 Å². The predicted octanol–water partition coefficient (Wildman–Crippen LogP) is 1.68. The molecule has 1 unspecified atom stereocenters. The highest BCUT2D eigenvalue weighted by Crippen LogP contribution is 2.29. The minimum atomic E-state index is -4.44. The molecular weight excluding hydrogens is 347 g/mol. The molecule has 0 aromatic heterocycles. The normalized spacial score (nSPS) is 17.8. The van der Waals surface area contributed by atoms with Gasteiger partial charge in [0.1, 0.15) is 0 Å². The van der Waals surface area contributed by atoms with E-state index in [0.717, 1.165) is 24.3 Å². The lowest BCUT2D eigenvalue weighted by molar-refractivity contribution is -0.137. The van der Waals surface area contributed by atoms with Crippen LogP contribution < -0.4 is 10.6 Å². The second-order valence-corrected chi connectivity index (χ2v) is 5.45. The Morgan fingerprint density at radius 1 is 1.29 bits per heavy atom. The van der Waals surface area contributed by atoms with Gasteiger partial charge >= 0.3 is 6.18 Å². The average Bonchev–Trinajstić information content (AvgIpc) is 2.51. The largest absolute Gasteiger partial charge is 0.416 e. The van der Waals surface area contributed by atoms with Crippen LogP contribution in [0, 0.1) is 0 Å². The van der Waals surface area contributed by atoms with Gasteiger partial charge < -0.3 is 15.5 Å². The van der Waals surface area contributed by atoms with Gasteiger partial charge in [-0.25, -0.2) is 0 Å². The third-order valence-electron chi connectivity index (χ3n) is 3.60. The van der Waals surface area contributed by atoms with Gasteiger partial charge in [-0.1, -0.05) is 0 Å². The van der Waals surface area contributed by atoms with Crippen molar-refractivity contribution < 1.29 is 22.8 Å². The molecule has 0 saturated carbocycles. The molecule has 2 N–H and O–H groups in total. The van der Waals surface area contributed by atoms with Gasteiger partial charge in [-0.15, -0.1) is 12.4 Å². The number of carbonyl (C=O) groups excluding carboxylic acids is 2. The van der Waals surface area contributed by atoms with Crippen LogP contribution in [0.2, 0.25) is 0 Å². The molecule has 1 aromatic carbocycles. The van der Waals surface area contributed by atoms with Crippen molar-refractivity contribution in [2.24, 2.45) is 0 Å². The fourth-order valence-electron chi connectivity index (χ4n) is 2.34. The van der Waals surface area contributed by atoms with Crippen LogP contribution in [-0.2, 0) is 11.0 Å². The van der Waals surface area contributed by atoms with E-state index in [0.29, 0.717) is 19.6 Å². The Bertz CT molecular complexity index is 578. The van der Waals surface area contributed by atoms with Gasteiger partial charge in [0.2, 0.25) is 5.91 Å². The number of hydrogen-bond acceptors (Lipinski definition) is 3. The Hall–Kier alpha value is -1.80. The van der Waals surface area contributed by atoms with E-state index >= 15 is 0 Å². The van der Waals surface area contributed by atoms with E-state index < -0.39 is 17.6 Å². The van der Waals surface area contributed by atoms with Gasteiger partial charge in [0.15, 0.2) is 0 Å². The Kier molecular flexibility index (Phi) is 7.04. The second-order valence-electron chi connectivity index (χ2n) is 5.45. The van der Waals surface area contributed by atoms with Crippen molar-refractivity contribution >= 4 is 24.2 Å². The first-order valence-electron chi connectivity index (χ1n) is 7.24. The molecule has 2 amide bonds. The van der Waals surface area contributed by atoms with E-state index in [1.54, 1.807) is 4.90 Å². The van der Waals surface area contributed by atoms with E-state index in [-0.39, 0.29) is 36.5 Å². The highest BCUT2D eigenvalue weighted by atomic mass is 35.5. The fraction of sp³-hybridized carbons (Fsp3) is 0.467.